The van der Waals surface area contributed by atoms with Crippen LogP contribution in [0.5, 0.6) is 0 Å². The van der Waals surface area contributed by atoms with Crippen molar-refractivity contribution in [1.29, 1.82) is 0 Å². The van der Waals surface area contributed by atoms with Crippen molar-refractivity contribution in [3.05, 3.63) is 66.2 Å². The molecule has 98 valence electrons. The molecule has 0 aromatic heterocycles. The van der Waals surface area contributed by atoms with Gasteiger partial charge in [0, 0.05) is 18.8 Å². The zero-order chi connectivity index (χ0) is 13.1. The Morgan fingerprint density at radius 2 is 1.47 bits per heavy atom. The molecule has 1 aliphatic rings. The highest BCUT2D eigenvalue weighted by Crippen LogP contribution is 2.37. The number of para-hydroxylation sites is 1. The topological polar surface area (TPSA) is 23.5 Å². The highest BCUT2D eigenvalue weighted by Gasteiger charge is 2.41. The number of hydrogen-bond donors (Lipinski definition) is 1. The van der Waals surface area contributed by atoms with Gasteiger partial charge in [0.2, 0.25) is 0 Å². The highest BCUT2D eigenvalue weighted by atomic mass is 16.3. The monoisotopic (exact) mass is 253 g/mol. The fraction of sp³-hybridized carbons (Fsp3) is 0.294. The maximum absolute atomic E-state index is 10.2. The van der Waals surface area contributed by atoms with Crippen LogP contribution in [0, 0.1) is 0 Å². The van der Waals surface area contributed by atoms with Crippen LogP contribution in [-0.2, 0) is 6.54 Å². The minimum Gasteiger partial charge on any atom is -0.388 e. The third-order valence-corrected chi connectivity index (χ3v) is 3.65. The first-order valence-corrected chi connectivity index (χ1v) is 6.82. The molecule has 0 amide bonds. The summed E-state index contributed by atoms with van der Waals surface area (Å²) in [6.45, 7) is 1.55. The second-order valence-corrected chi connectivity index (χ2v) is 5.40. The van der Waals surface area contributed by atoms with E-state index in [4.69, 9.17) is 0 Å². The lowest BCUT2D eigenvalue weighted by Crippen LogP contribution is -2.33. The van der Waals surface area contributed by atoms with Crippen molar-refractivity contribution in [1.82, 2.24) is 0 Å². The van der Waals surface area contributed by atoms with E-state index in [0.29, 0.717) is 6.54 Å². The van der Waals surface area contributed by atoms with Crippen molar-refractivity contribution in [2.45, 2.75) is 25.0 Å². The Morgan fingerprint density at radius 3 is 2.05 bits per heavy atom. The third-order valence-electron chi connectivity index (χ3n) is 3.65. The predicted molar refractivity (Wildman–Crippen MR) is 78.1 cm³/mol. The lowest BCUT2D eigenvalue weighted by molar-refractivity contribution is 0.156. The standard InChI is InChI=1S/C17H19NO/c19-17(11-12-17)14-18(16-9-5-2-6-10-16)13-15-7-3-1-4-8-15/h1-10,19H,11-14H2. The molecule has 0 radical (unpaired) electrons. The van der Waals surface area contributed by atoms with E-state index < -0.39 is 5.60 Å². The number of aliphatic hydroxyl groups is 1. The molecule has 0 unspecified atom stereocenters. The molecule has 2 aromatic rings. The van der Waals surface area contributed by atoms with Gasteiger partial charge in [-0.2, -0.15) is 0 Å². The summed E-state index contributed by atoms with van der Waals surface area (Å²) in [5.74, 6) is 0. The van der Waals surface area contributed by atoms with E-state index in [9.17, 15) is 5.11 Å². The minimum absolute atomic E-state index is 0.468. The molecule has 1 aliphatic carbocycles. The number of anilines is 1. The molecule has 0 aliphatic heterocycles. The Labute approximate surface area is 114 Å². The summed E-state index contributed by atoms with van der Waals surface area (Å²) in [6.07, 6.45) is 1.84. The van der Waals surface area contributed by atoms with Crippen LogP contribution in [0.15, 0.2) is 60.7 Å². The van der Waals surface area contributed by atoms with Crippen molar-refractivity contribution in [2.24, 2.45) is 0 Å². The van der Waals surface area contributed by atoms with Gasteiger partial charge < -0.3 is 10.0 Å². The molecule has 2 heteroatoms. The number of rotatable bonds is 5. The number of benzene rings is 2. The second-order valence-electron chi connectivity index (χ2n) is 5.40. The summed E-state index contributed by atoms with van der Waals surface area (Å²) in [4.78, 5) is 2.27. The van der Waals surface area contributed by atoms with Crippen molar-refractivity contribution >= 4 is 5.69 Å². The van der Waals surface area contributed by atoms with Crippen molar-refractivity contribution in [3.63, 3.8) is 0 Å². The number of nitrogens with zero attached hydrogens (tertiary/aromatic N) is 1. The lowest BCUT2D eigenvalue weighted by Gasteiger charge is -2.27. The van der Waals surface area contributed by atoms with Crippen molar-refractivity contribution < 1.29 is 5.11 Å². The van der Waals surface area contributed by atoms with E-state index in [1.165, 1.54) is 11.3 Å². The maximum Gasteiger partial charge on any atom is 0.0824 e. The van der Waals surface area contributed by atoms with Gasteiger partial charge in [0.15, 0.2) is 0 Å². The summed E-state index contributed by atoms with van der Waals surface area (Å²) < 4.78 is 0. The third kappa shape index (κ3) is 3.15. The molecule has 1 fully saturated rings. The van der Waals surface area contributed by atoms with E-state index in [1.54, 1.807) is 0 Å². The molecular formula is C17H19NO. The van der Waals surface area contributed by atoms with E-state index >= 15 is 0 Å². The summed E-state index contributed by atoms with van der Waals surface area (Å²) in [7, 11) is 0. The molecule has 2 nitrogen and oxygen atoms in total. The number of hydrogen-bond acceptors (Lipinski definition) is 2. The summed E-state index contributed by atoms with van der Waals surface area (Å²) >= 11 is 0. The Bertz CT molecular complexity index is 519. The van der Waals surface area contributed by atoms with Crippen LogP contribution < -0.4 is 4.90 Å². The Hall–Kier alpha value is -1.80. The van der Waals surface area contributed by atoms with Crippen LogP contribution >= 0.6 is 0 Å². The molecule has 2 aromatic carbocycles. The van der Waals surface area contributed by atoms with Crippen LogP contribution in [-0.4, -0.2) is 17.3 Å². The van der Waals surface area contributed by atoms with Crippen LogP contribution in [0.1, 0.15) is 18.4 Å². The molecule has 0 atom stereocenters. The molecule has 0 heterocycles. The van der Waals surface area contributed by atoms with Gasteiger partial charge in [-0.3, -0.25) is 0 Å². The zero-order valence-electron chi connectivity index (χ0n) is 11.0. The second kappa shape index (κ2) is 5.06. The van der Waals surface area contributed by atoms with Crippen molar-refractivity contribution in [2.75, 3.05) is 11.4 Å². The van der Waals surface area contributed by atoms with Gasteiger partial charge in [0.05, 0.1) is 5.60 Å². The smallest absolute Gasteiger partial charge is 0.0824 e. The molecular weight excluding hydrogens is 234 g/mol. The molecule has 19 heavy (non-hydrogen) atoms. The minimum atomic E-state index is -0.468. The normalized spacial score (nSPS) is 16.1. The Kier molecular flexibility index (Phi) is 3.26. The van der Waals surface area contributed by atoms with Gasteiger partial charge in [0.25, 0.3) is 0 Å². The molecule has 0 saturated heterocycles. The Balaban J connectivity index is 1.80. The van der Waals surface area contributed by atoms with Gasteiger partial charge >= 0.3 is 0 Å². The molecule has 0 bridgehead atoms. The quantitative estimate of drug-likeness (QED) is 0.884. The Morgan fingerprint density at radius 1 is 0.895 bits per heavy atom. The molecule has 3 rings (SSSR count). The van der Waals surface area contributed by atoms with Gasteiger partial charge in [0.1, 0.15) is 0 Å². The van der Waals surface area contributed by atoms with E-state index in [2.05, 4.69) is 41.3 Å². The van der Waals surface area contributed by atoms with Crippen LogP contribution in [0.2, 0.25) is 0 Å². The summed E-state index contributed by atoms with van der Waals surface area (Å²) in [5, 5.41) is 10.2. The SMILES string of the molecule is OC1(CN(Cc2ccccc2)c2ccccc2)CC1. The lowest BCUT2D eigenvalue weighted by atomic mass is 10.1. The first-order chi connectivity index (χ1) is 9.25. The van der Waals surface area contributed by atoms with E-state index in [0.717, 1.165) is 19.4 Å². The maximum atomic E-state index is 10.2. The van der Waals surface area contributed by atoms with Crippen LogP contribution in [0.25, 0.3) is 0 Å². The average Bonchev–Trinajstić information content (AvgIpc) is 3.18. The average molecular weight is 253 g/mol. The fourth-order valence-corrected chi connectivity index (χ4v) is 2.34. The van der Waals surface area contributed by atoms with Gasteiger partial charge in [-0.25, -0.2) is 0 Å². The van der Waals surface area contributed by atoms with Gasteiger partial charge in [-0.05, 0) is 30.5 Å². The zero-order valence-corrected chi connectivity index (χ0v) is 11.0. The van der Waals surface area contributed by atoms with Crippen LogP contribution in [0.3, 0.4) is 0 Å². The highest BCUT2D eigenvalue weighted by molar-refractivity contribution is 5.47. The summed E-state index contributed by atoms with van der Waals surface area (Å²) in [5.41, 5.74) is 1.98. The molecule has 0 spiro atoms. The fourth-order valence-electron chi connectivity index (χ4n) is 2.34. The largest absolute Gasteiger partial charge is 0.388 e. The first-order valence-electron chi connectivity index (χ1n) is 6.82. The molecule has 1 saturated carbocycles. The predicted octanol–water partition coefficient (Wildman–Crippen LogP) is 3.22. The van der Waals surface area contributed by atoms with Crippen molar-refractivity contribution in [3.8, 4) is 0 Å². The van der Waals surface area contributed by atoms with E-state index in [1.807, 2.05) is 24.3 Å². The van der Waals surface area contributed by atoms with Crippen LogP contribution in [0.4, 0.5) is 5.69 Å². The van der Waals surface area contributed by atoms with Gasteiger partial charge in [-0.15, -0.1) is 0 Å². The van der Waals surface area contributed by atoms with Gasteiger partial charge in [-0.1, -0.05) is 48.5 Å². The molecule has 1 N–H and O–H groups in total. The first kappa shape index (κ1) is 12.2. The van der Waals surface area contributed by atoms with E-state index in [-0.39, 0.29) is 0 Å². The summed E-state index contributed by atoms with van der Waals surface area (Å²) in [6, 6.07) is 20.7.